The maximum atomic E-state index is 5.30. The normalized spacial score (nSPS) is 12.8. The first-order valence-corrected chi connectivity index (χ1v) is 6.64. The minimum atomic E-state index is 0.435. The monoisotopic (exact) mass is 235 g/mol. The molecule has 0 aliphatic heterocycles. The van der Waals surface area contributed by atoms with Crippen LogP contribution in [0.1, 0.15) is 45.2 Å². The maximum Gasteiger partial charge on any atom is 0.119 e. The van der Waals surface area contributed by atoms with Crippen LogP contribution >= 0.6 is 0 Å². The van der Waals surface area contributed by atoms with Gasteiger partial charge in [0.25, 0.3) is 0 Å². The van der Waals surface area contributed by atoms with Crippen LogP contribution in [0.3, 0.4) is 0 Å². The van der Waals surface area contributed by atoms with E-state index in [0.717, 1.165) is 12.3 Å². The van der Waals surface area contributed by atoms with Gasteiger partial charge in [0, 0.05) is 6.04 Å². The summed E-state index contributed by atoms with van der Waals surface area (Å²) in [5.41, 5.74) is 1.33. The summed E-state index contributed by atoms with van der Waals surface area (Å²) in [6, 6.07) is 8.84. The predicted molar refractivity (Wildman–Crippen MR) is 73.5 cm³/mol. The first kappa shape index (κ1) is 14.0. The second-order valence-corrected chi connectivity index (χ2v) is 4.39. The molecule has 96 valence electrons. The minimum Gasteiger partial charge on any atom is -0.497 e. The third-order valence-electron chi connectivity index (χ3n) is 3.40. The number of rotatable bonds is 7. The highest BCUT2D eigenvalue weighted by atomic mass is 16.5. The molecule has 0 amide bonds. The molecular formula is C15H25NO. The van der Waals surface area contributed by atoms with Crippen LogP contribution < -0.4 is 10.1 Å². The quantitative estimate of drug-likeness (QED) is 0.776. The van der Waals surface area contributed by atoms with E-state index in [1.807, 2.05) is 6.07 Å². The summed E-state index contributed by atoms with van der Waals surface area (Å²) in [6.45, 7) is 7.69. The summed E-state index contributed by atoms with van der Waals surface area (Å²) in [6.07, 6.45) is 2.40. The second kappa shape index (κ2) is 7.33. The van der Waals surface area contributed by atoms with Gasteiger partial charge in [0.15, 0.2) is 0 Å². The van der Waals surface area contributed by atoms with Crippen molar-refractivity contribution in [1.29, 1.82) is 0 Å². The third-order valence-corrected chi connectivity index (χ3v) is 3.40. The van der Waals surface area contributed by atoms with Gasteiger partial charge in [0.2, 0.25) is 0 Å². The van der Waals surface area contributed by atoms with Gasteiger partial charge in [0.05, 0.1) is 7.11 Å². The van der Waals surface area contributed by atoms with Crippen LogP contribution in [0, 0.1) is 5.92 Å². The molecule has 0 bridgehead atoms. The van der Waals surface area contributed by atoms with Gasteiger partial charge >= 0.3 is 0 Å². The molecule has 0 heterocycles. The summed E-state index contributed by atoms with van der Waals surface area (Å²) >= 11 is 0. The molecule has 1 unspecified atom stereocenters. The summed E-state index contributed by atoms with van der Waals surface area (Å²) < 4.78 is 5.30. The lowest BCUT2D eigenvalue weighted by Crippen LogP contribution is -2.27. The van der Waals surface area contributed by atoms with Gasteiger partial charge in [-0.05, 0) is 30.2 Å². The molecule has 0 aromatic heterocycles. The third kappa shape index (κ3) is 3.74. The van der Waals surface area contributed by atoms with E-state index < -0.39 is 0 Å². The van der Waals surface area contributed by atoms with Crippen LogP contribution in [-0.4, -0.2) is 13.7 Å². The Bertz CT molecular complexity index is 320. The van der Waals surface area contributed by atoms with Crippen molar-refractivity contribution in [2.45, 2.75) is 39.7 Å². The molecule has 0 fully saturated rings. The largest absolute Gasteiger partial charge is 0.497 e. The van der Waals surface area contributed by atoms with Gasteiger partial charge in [-0.15, -0.1) is 0 Å². The zero-order valence-electron chi connectivity index (χ0n) is 11.5. The molecule has 17 heavy (non-hydrogen) atoms. The number of methoxy groups -OCH3 is 1. The van der Waals surface area contributed by atoms with Gasteiger partial charge in [-0.1, -0.05) is 45.7 Å². The standard InChI is InChI=1S/C15H25NO/c1-5-12(6-2)15(16-7-3)13-9-8-10-14(11-13)17-4/h8-12,15-16H,5-7H2,1-4H3. The molecule has 1 rings (SSSR count). The fourth-order valence-electron chi connectivity index (χ4n) is 2.37. The Morgan fingerprint density at radius 3 is 2.41 bits per heavy atom. The molecule has 2 nitrogen and oxygen atoms in total. The molecule has 2 heteroatoms. The number of hydrogen-bond donors (Lipinski definition) is 1. The van der Waals surface area contributed by atoms with Crippen molar-refractivity contribution < 1.29 is 4.74 Å². The molecular weight excluding hydrogens is 210 g/mol. The molecule has 0 radical (unpaired) electrons. The molecule has 0 saturated heterocycles. The molecule has 0 aliphatic carbocycles. The summed E-state index contributed by atoms with van der Waals surface area (Å²) in [7, 11) is 1.72. The molecule has 1 aromatic carbocycles. The van der Waals surface area contributed by atoms with Crippen LogP contribution in [0.5, 0.6) is 5.75 Å². The SMILES string of the molecule is CCNC(c1cccc(OC)c1)C(CC)CC. The summed E-state index contributed by atoms with van der Waals surface area (Å²) in [5, 5.41) is 3.60. The van der Waals surface area contributed by atoms with Crippen LogP contribution in [0.2, 0.25) is 0 Å². The Kier molecular flexibility index (Phi) is 6.06. The fourth-order valence-corrected chi connectivity index (χ4v) is 2.37. The van der Waals surface area contributed by atoms with E-state index in [9.17, 15) is 0 Å². The predicted octanol–water partition coefficient (Wildman–Crippen LogP) is 3.78. The fraction of sp³-hybridized carbons (Fsp3) is 0.600. The average Bonchev–Trinajstić information content (AvgIpc) is 2.39. The van der Waals surface area contributed by atoms with Crippen molar-refractivity contribution in [3.63, 3.8) is 0 Å². The molecule has 0 aliphatic rings. The molecule has 1 atom stereocenters. The molecule has 0 saturated carbocycles. The van der Waals surface area contributed by atoms with Crippen LogP contribution in [0.15, 0.2) is 24.3 Å². The number of benzene rings is 1. The van der Waals surface area contributed by atoms with Gasteiger partial charge in [-0.25, -0.2) is 0 Å². The number of hydrogen-bond acceptors (Lipinski definition) is 2. The van der Waals surface area contributed by atoms with Crippen molar-refractivity contribution >= 4 is 0 Å². The zero-order valence-corrected chi connectivity index (χ0v) is 11.5. The Balaban J connectivity index is 2.94. The van der Waals surface area contributed by atoms with E-state index in [1.165, 1.54) is 18.4 Å². The maximum absolute atomic E-state index is 5.30. The molecule has 1 aromatic rings. The molecule has 1 N–H and O–H groups in total. The van der Waals surface area contributed by atoms with E-state index in [1.54, 1.807) is 7.11 Å². The topological polar surface area (TPSA) is 21.3 Å². The van der Waals surface area contributed by atoms with Crippen molar-refractivity contribution in [3.8, 4) is 5.75 Å². The van der Waals surface area contributed by atoms with Crippen molar-refractivity contribution in [2.75, 3.05) is 13.7 Å². The Morgan fingerprint density at radius 1 is 1.18 bits per heavy atom. The van der Waals surface area contributed by atoms with E-state index in [2.05, 4.69) is 44.3 Å². The zero-order chi connectivity index (χ0) is 12.7. The highest BCUT2D eigenvalue weighted by Gasteiger charge is 2.19. The van der Waals surface area contributed by atoms with Crippen LogP contribution in [-0.2, 0) is 0 Å². The Hall–Kier alpha value is -1.02. The van der Waals surface area contributed by atoms with Gasteiger partial charge in [0.1, 0.15) is 5.75 Å². The highest BCUT2D eigenvalue weighted by molar-refractivity contribution is 5.30. The summed E-state index contributed by atoms with van der Waals surface area (Å²) in [4.78, 5) is 0. The van der Waals surface area contributed by atoms with Gasteiger partial charge in [-0.3, -0.25) is 0 Å². The molecule has 0 spiro atoms. The van der Waals surface area contributed by atoms with Crippen molar-refractivity contribution in [2.24, 2.45) is 5.92 Å². The number of nitrogens with one attached hydrogen (secondary N) is 1. The minimum absolute atomic E-state index is 0.435. The van der Waals surface area contributed by atoms with E-state index in [-0.39, 0.29) is 0 Å². The Morgan fingerprint density at radius 2 is 1.88 bits per heavy atom. The van der Waals surface area contributed by atoms with E-state index in [4.69, 9.17) is 4.74 Å². The second-order valence-electron chi connectivity index (χ2n) is 4.39. The lowest BCUT2D eigenvalue weighted by atomic mass is 9.88. The van der Waals surface area contributed by atoms with Crippen molar-refractivity contribution in [1.82, 2.24) is 5.32 Å². The number of ether oxygens (including phenoxy) is 1. The lowest BCUT2D eigenvalue weighted by Gasteiger charge is -2.26. The smallest absolute Gasteiger partial charge is 0.119 e. The average molecular weight is 235 g/mol. The van der Waals surface area contributed by atoms with E-state index >= 15 is 0 Å². The Labute approximate surface area is 105 Å². The highest BCUT2D eigenvalue weighted by Crippen LogP contribution is 2.29. The van der Waals surface area contributed by atoms with Crippen LogP contribution in [0.4, 0.5) is 0 Å². The van der Waals surface area contributed by atoms with Gasteiger partial charge in [-0.2, -0.15) is 0 Å². The first-order valence-electron chi connectivity index (χ1n) is 6.64. The van der Waals surface area contributed by atoms with E-state index in [0.29, 0.717) is 12.0 Å². The van der Waals surface area contributed by atoms with Crippen LogP contribution in [0.25, 0.3) is 0 Å². The summed E-state index contributed by atoms with van der Waals surface area (Å²) in [5.74, 6) is 1.62. The van der Waals surface area contributed by atoms with Gasteiger partial charge < -0.3 is 10.1 Å². The first-order chi connectivity index (χ1) is 8.26. The lowest BCUT2D eigenvalue weighted by molar-refractivity contribution is 0.344. The van der Waals surface area contributed by atoms with Crippen molar-refractivity contribution in [3.05, 3.63) is 29.8 Å².